The molecule has 0 spiro atoms. The van der Waals surface area contributed by atoms with Crippen molar-refractivity contribution in [3.05, 3.63) is 0 Å². The Bertz CT molecular complexity index is 371. The highest BCUT2D eigenvalue weighted by Gasteiger charge is 2.46. The zero-order chi connectivity index (χ0) is 16.2. The van der Waals surface area contributed by atoms with Crippen LogP contribution in [0, 0.1) is 22.7 Å². The molecular weight excluding hydrogens is 278 g/mol. The molecule has 0 aromatic heterocycles. The highest BCUT2D eigenvalue weighted by Crippen LogP contribution is 2.43. The maximum Gasteiger partial charge on any atom is 0.313 e. The lowest BCUT2D eigenvalue weighted by atomic mass is 9.65. The Morgan fingerprint density at radius 2 is 2.00 bits per heavy atom. The van der Waals surface area contributed by atoms with Crippen molar-refractivity contribution in [3.8, 4) is 0 Å². The fourth-order valence-corrected chi connectivity index (χ4v) is 3.89. The lowest BCUT2D eigenvalue weighted by Gasteiger charge is -2.44. The molecule has 0 unspecified atom stereocenters. The van der Waals surface area contributed by atoms with Gasteiger partial charge in [-0.15, -0.1) is 0 Å². The molecule has 2 rings (SSSR count). The quantitative estimate of drug-likeness (QED) is 0.811. The molecule has 1 N–H and O–H groups in total. The van der Waals surface area contributed by atoms with Crippen LogP contribution < -0.4 is 5.32 Å². The molecule has 0 amide bonds. The summed E-state index contributed by atoms with van der Waals surface area (Å²) in [7, 11) is 1.53. The number of carbonyl (C=O) groups is 1. The summed E-state index contributed by atoms with van der Waals surface area (Å²) in [4.78, 5) is 12.5. The summed E-state index contributed by atoms with van der Waals surface area (Å²) in [5.74, 6) is 1.18. The second-order valence-corrected chi connectivity index (χ2v) is 8.26. The van der Waals surface area contributed by atoms with Crippen LogP contribution in [0.25, 0.3) is 0 Å². The maximum absolute atomic E-state index is 12.5. The number of hydrogen-bond donors (Lipinski definition) is 1. The molecule has 22 heavy (non-hydrogen) atoms. The summed E-state index contributed by atoms with van der Waals surface area (Å²) in [5, 5.41) is 3.51. The van der Waals surface area contributed by atoms with E-state index in [1.807, 2.05) is 0 Å². The molecule has 2 atom stereocenters. The lowest BCUT2D eigenvalue weighted by Crippen LogP contribution is -2.52. The topological polar surface area (TPSA) is 47.6 Å². The average molecular weight is 311 g/mol. The van der Waals surface area contributed by atoms with Gasteiger partial charge in [0.25, 0.3) is 0 Å². The van der Waals surface area contributed by atoms with Crippen molar-refractivity contribution in [2.75, 3.05) is 33.4 Å². The van der Waals surface area contributed by atoms with Crippen LogP contribution >= 0.6 is 0 Å². The van der Waals surface area contributed by atoms with Gasteiger partial charge in [-0.25, -0.2) is 0 Å². The Morgan fingerprint density at radius 1 is 1.32 bits per heavy atom. The molecule has 4 heteroatoms. The molecule has 0 bridgehead atoms. The predicted molar refractivity (Wildman–Crippen MR) is 87.7 cm³/mol. The number of methoxy groups -OCH3 is 1. The van der Waals surface area contributed by atoms with E-state index in [2.05, 4.69) is 26.1 Å². The molecule has 0 aromatic carbocycles. The van der Waals surface area contributed by atoms with Gasteiger partial charge in [0.05, 0.1) is 12.5 Å². The highest BCUT2D eigenvalue weighted by molar-refractivity contribution is 5.77. The predicted octanol–water partition coefficient (Wildman–Crippen LogP) is 3.01. The maximum atomic E-state index is 12.5. The Kier molecular flexibility index (Phi) is 5.89. The molecule has 2 saturated heterocycles. The van der Waals surface area contributed by atoms with Crippen LogP contribution in [0.5, 0.6) is 0 Å². The number of piperidine rings is 1. The Balaban J connectivity index is 2.04. The van der Waals surface area contributed by atoms with Gasteiger partial charge in [0.1, 0.15) is 0 Å². The van der Waals surface area contributed by atoms with Crippen LogP contribution in [-0.2, 0) is 14.3 Å². The van der Waals surface area contributed by atoms with E-state index in [1.54, 1.807) is 0 Å². The number of hydrogen-bond acceptors (Lipinski definition) is 4. The van der Waals surface area contributed by atoms with Gasteiger partial charge >= 0.3 is 5.97 Å². The highest BCUT2D eigenvalue weighted by atomic mass is 16.5. The molecule has 4 nitrogen and oxygen atoms in total. The largest absolute Gasteiger partial charge is 0.469 e. The summed E-state index contributed by atoms with van der Waals surface area (Å²) in [6, 6.07) is 0. The molecule has 2 aliphatic heterocycles. The number of rotatable bonds is 4. The van der Waals surface area contributed by atoms with Gasteiger partial charge in [-0.3, -0.25) is 4.79 Å². The van der Waals surface area contributed by atoms with Crippen LogP contribution in [0.4, 0.5) is 0 Å². The molecule has 2 aliphatic rings. The average Bonchev–Trinajstić information content (AvgIpc) is 2.52. The van der Waals surface area contributed by atoms with Gasteiger partial charge in [-0.05, 0) is 55.9 Å². The van der Waals surface area contributed by atoms with Crippen LogP contribution in [0.3, 0.4) is 0 Å². The SMILES string of the molecule is COC(=O)[C@@]1(CCC2CCOCC2)CNC[C@H](C(C)(C)C)C1. The van der Waals surface area contributed by atoms with Gasteiger partial charge in [-0.1, -0.05) is 20.8 Å². The van der Waals surface area contributed by atoms with E-state index >= 15 is 0 Å². The molecule has 128 valence electrons. The van der Waals surface area contributed by atoms with Crippen molar-refractivity contribution < 1.29 is 14.3 Å². The molecular formula is C18H33NO3. The van der Waals surface area contributed by atoms with Crippen molar-refractivity contribution in [1.29, 1.82) is 0 Å². The van der Waals surface area contributed by atoms with E-state index in [0.29, 0.717) is 11.8 Å². The zero-order valence-corrected chi connectivity index (χ0v) is 14.7. The molecule has 0 radical (unpaired) electrons. The van der Waals surface area contributed by atoms with Gasteiger partial charge in [-0.2, -0.15) is 0 Å². The van der Waals surface area contributed by atoms with Crippen LogP contribution in [0.15, 0.2) is 0 Å². The summed E-state index contributed by atoms with van der Waals surface area (Å²) in [6.45, 7) is 10.3. The third kappa shape index (κ3) is 4.23. The monoisotopic (exact) mass is 311 g/mol. The van der Waals surface area contributed by atoms with E-state index in [-0.39, 0.29) is 16.8 Å². The number of nitrogens with one attached hydrogen (secondary N) is 1. The fraction of sp³-hybridized carbons (Fsp3) is 0.944. The van der Waals surface area contributed by atoms with Crippen molar-refractivity contribution in [3.63, 3.8) is 0 Å². The standard InChI is InChI=1S/C18H33NO3/c1-17(2,3)15-11-18(13-19-12-15,16(20)21-4)8-5-14-6-9-22-10-7-14/h14-15,19H,5-13H2,1-4H3/t15-,18-/m1/s1. The minimum Gasteiger partial charge on any atom is -0.469 e. The number of carbonyl (C=O) groups excluding carboxylic acids is 1. The smallest absolute Gasteiger partial charge is 0.313 e. The van der Waals surface area contributed by atoms with Crippen LogP contribution in [0.2, 0.25) is 0 Å². The van der Waals surface area contributed by atoms with Gasteiger partial charge < -0.3 is 14.8 Å². The van der Waals surface area contributed by atoms with Crippen molar-refractivity contribution in [2.24, 2.45) is 22.7 Å². The first kappa shape index (κ1) is 17.7. The zero-order valence-electron chi connectivity index (χ0n) is 14.7. The first-order chi connectivity index (χ1) is 10.4. The molecule has 0 aliphatic carbocycles. The third-order valence-electron chi connectivity index (χ3n) is 5.71. The minimum atomic E-state index is -0.344. The Morgan fingerprint density at radius 3 is 2.59 bits per heavy atom. The van der Waals surface area contributed by atoms with Crippen molar-refractivity contribution in [2.45, 2.75) is 52.9 Å². The van der Waals surface area contributed by atoms with Gasteiger partial charge in [0.2, 0.25) is 0 Å². The van der Waals surface area contributed by atoms with Gasteiger partial charge in [0.15, 0.2) is 0 Å². The summed E-state index contributed by atoms with van der Waals surface area (Å²) >= 11 is 0. The summed E-state index contributed by atoms with van der Waals surface area (Å²) in [5.41, 5.74) is -0.130. The third-order valence-corrected chi connectivity index (χ3v) is 5.71. The second kappa shape index (κ2) is 7.31. The van der Waals surface area contributed by atoms with Crippen molar-refractivity contribution in [1.82, 2.24) is 5.32 Å². The lowest BCUT2D eigenvalue weighted by molar-refractivity contribution is -0.156. The summed E-state index contributed by atoms with van der Waals surface area (Å²) < 4.78 is 10.6. The van der Waals surface area contributed by atoms with Gasteiger partial charge in [0, 0.05) is 19.8 Å². The molecule has 0 saturated carbocycles. The molecule has 0 aromatic rings. The first-order valence-corrected chi connectivity index (χ1v) is 8.74. The van der Waals surface area contributed by atoms with E-state index in [9.17, 15) is 4.79 Å². The van der Waals surface area contributed by atoms with Crippen molar-refractivity contribution >= 4 is 5.97 Å². The van der Waals surface area contributed by atoms with E-state index in [1.165, 1.54) is 7.11 Å². The minimum absolute atomic E-state index is 0.0268. The fourth-order valence-electron chi connectivity index (χ4n) is 3.89. The number of esters is 1. The molecule has 2 heterocycles. The normalized spacial score (nSPS) is 31.0. The van der Waals surface area contributed by atoms with Crippen LogP contribution in [0.1, 0.15) is 52.9 Å². The Hall–Kier alpha value is -0.610. The Labute approximate surface area is 135 Å². The first-order valence-electron chi connectivity index (χ1n) is 8.74. The number of ether oxygens (including phenoxy) is 2. The van der Waals surface area contributed by atoms with E-state index in [0.717, 1.165) is 58.4 Å². The molecule has 2 fully saturated rings. The van der Waals surface area contributed by atoms with E-state index < -0.39 is 0 Å². The summed E-state index contributed by atoms with van der Waals surface area (Å²) in [6.07, 6.45) is 5.25. The van der Waals surface area contributed by atoms with E-state index in [4.69, 9.17) is 9.47 Å². The van der Waals surface area contributed by atoms with Crippen LogP contribution in [-0.4, -0.2) is 39.4 Å². The second-order valence-electron chi connectivity index (χ2n) is 8.26.